The van der Waals surface area contributed by atoms with Crippen molar-refractivity contribution >= 4 is 0 Å². The molecule has 0 saturated heterocycles. The Morgan fingerprint density at radius 3 is 1.70 bits per heavy atom. The fourth-order valence-electron chi connectivity index (χ4n) is 3.16. The molecule has 0 spiro atoms. The molecule has 20 heavy (non-hydrogen) atoms. The van der Waals surface area contributed by atoms with Gasteiger partial charge >= 0.3 is 0 Å². The first-order valence-corrected chi connectivity index (χ1v) is 8.67. The fraction of sp³-hybridized carbons (Fsp3) is 0.700. The second kappa shape index (κ2) is 9.21. The van der Waals surface area contributed by atoms with Gasteiger partial charge in [-0.1, -0.05) is 64.5 Å². The highest BCUT2D eigenvalue weighted by atomic mass is 14.2. The maximum absolute atomic E-state index is 2.47. The van der Waals surface area contributed by atoms with Gasteiger partial charge in [0.15, 0.2) is 0 Å². The summed E-state index contributed by atoms with van der Waals surface area (Å²) in [4.78, 5) is 0. The third kappa shape index (κ3) is 5.31. The number of aryl methyl sites for hydroxylation is 3. The van der Waals surface area contributed by atoms with Crippen LogP contribution in [0.3, 0.4) is 0 Å². The van der Waals surface area contributed by atoms with Crippen LogP contribution in [-0.4, -0.2) is 0 Å². The lowest BCUT2D eigenvalue weighted by atomic mass is 9.84. The average Bonchev–Trinajstić information content (AvgIpc) is 2.42. The minimum atomic E-state index is 0.785. The molecule has 0 heteroatoms. The quantitative estimate of drug-likeness (QED) is 0.432. The molecule has 0 aliphatic carbocycles. The zero-order valence-corrected chi connectivity index (χ0v) is 14.4. The van der Waals surface area contributed by atoms with E-state index in [1.807, 2.05) is 0 Å². The summed E-state index contributed by atoms with van der Waals surface area (Å²) in [6.45, 7) is 11.4. The van der Waals surface area contributed by atoms with Crippen molar-refractivity contribution in [3.63, 3.8) is 0 Å². The van der Waals surface area contributed by atoms with Crippen LogP contribution in [0.1, 0.15) is 93.4 Å². The molecule has 1 rings (SSSR count). The highest BCUT2D eigenvalue weighted by Crippen LogP contribution is 2.32. The third-order valence-electron chi connectivity index (χ3n) is 4.63. The molecule has 0 heterocycles. The van der Waals surface area contributed by atoms with E-state index >= 15 is 0 Å². The maximum atomic E-state index is 2.47. The summed E-state index contributed by atoms with van der Waals surface area (Å²) in [6.07, 6.45) is 10.9. The van der Waals surface area contributed by atoms with Gasteiger partial charge in [-0.25, -0.2) is 0 Å². The summed E-state index contributed by atoms with van der Waals surface area (Å²) in [6, 6.07) is 4.85. The number of benzene rings is 1. The number of hydrogen-bond donors (Lipinski definition) is 0. The van der Waals surface area contributed by atoms with Crippen LogP contribution in [0.2, 0.25) is 0 Å². The molecule has 114 valence electrons. The predicted octanol–water partition coefficient (Wildman–Crippen LogP) is 6.86. The largest absolute Gasteiger partial charge is 0.0654 e. The van der Waals surface area contributed by atoms with Crippen molar-refractivity contribution in [3.05, 3.63) is 34.4 Å². The molecule has 0 atom stereocenters. The van der Waals surface area contributed by atoms with Gasteiger partial charge < -0.3 is 0 Å². The van der Waals surface area contributed by atoms with Crippen LogP contribution in [0, 0.1) is 20.8 Å². The van der Waals surface area contributed by atoms with Crippen LogP contribution in [0.15, 0.2) is 12.1 Å². The summed E-state index contributed by atoms with van der Waals surface area (Å²) in [5.41, 5.74) is 6.03. The van der Waals surface area contributed by atoms with E-state index in [-0.39, 0.29) is 0 Å². The summed E-state index contributed by atoms with van der Waals surface area (Å²) in [5, 5.41) is 0. The van der Waals surface area contributed by atoms with Crippen molar-refractivity contribution in [3.8, 4) is 0 Å². The SMILES string of the molecule is CCCCCC(CCCCC)c1cc(C)c(C)cc1C. The monoisotopic (exact) mass is 274 g/mol. The summed E-state index contributed by atoms with van der Waals surface area (Å²) >= 11 is 0. The Balaban J connectivity index is 2.81. The Hall–Kier alpha value is -0.780. The van der Waals surface area contributed by atoms with Crippen LogP contribution in [0.25, 0.3) is 0 Å². The maximum Gasteiger partial charge on any atom is -0.0159 e. The van der Waals surface area contributed by atoms with Gasteiger partial charge in [-0.2, -0.15) is 0 Å². The molecule has 1 aromatic rings. The number of rotatable bonds is 9. The summed E-state index contributed by atoms with van der Waals surface area (Å²) in [5.74, 6) is 0.785. The number of hydrogen-bond acceptors (Lipinski definition) is 0. The van der Waals surface area contributed by atoms with Crippen LogP contribution in [-0.2, 0) is 0 Å². The molecule has 0 bridgehead atoms. The molecule has 0 aromatic heterocycles. The van der Waals surface area contributed by atoms with Crippen LogP contribution < -0.4 is 0 Å². The van der Waals surface area contributed by atoms with E-state index in [0.29, 0.717) is 0 Å². The smallest absolute Gasteiger partial charge is 0.0159 e. The fourth-order valence-corrected chi connectivity index (χ4v) is 3.16. The van der Waals surface area contributed by atoms with Crippen LogP contribution in [0.4, 0.5) is 0 Å². The van der Waals surface area contributed by atoms with Gasteiger partial charge in [0.25, 0.3) is 0 Å². The first kappa shape index (κ1) is 17.3. The summed E-state index contributed by atoms with van der Waals surface area (Å²) < 4.78 is 0. The average molecular weight is 274 g/mol. The Kier molecular flexibility index (Phi) is 7.95. The van der Waals surface area contributed by atoms with E-state index in [9.17, 15) is 0 Å². The highest BCUT2D eigenvalue weighted by Gasteiger charge is 2.14. The van der Waals surface area contributed by atoms with E-state index in [0.717, 1.165) is 5.92 Å². The zero-order chi connectivity index (χ0) is 15.0. The van der Waals surface area contributed by atoms with E-state index in [1.54, 1.807) is 5.56 Å². The third-order valence-corrected chi connectivity index (χ3v) is 4.63. The Bertz CT molecular complexity index is 379. The molecule has 0 aliphatic heterocycles. The minimum absolute atomic E-state index is 0.785. The number of unbranched alkanes of at least 4 members (excludes halogenated alkanes) is 4. The lowest BCUT2D eigenvalue weighted by Gasteiger charge is -2.21. The van der Waals surface area contributed by atoms with Crippen molar-refractivity contribution in [2.75, 3.05) is 0 Å². The van der Waals surface area contributed by atoms with E-state index < -0.39 is 0 Å². The lowest BCUT2D eigenvalue weighted by molar-refractivity contribution is 0.505. The zero-order valence-electron chi connectivity index (χ0n) is 14.4. The van der Waals surface area contributed by atoms with Crippen molar-refractivity contribution < 1.29 is 0 Å². The van der Waals surface area contributed by atoms with Gasteiger partial charge in [-0.3, -0.25) is 0 Å². The van der Waals surface area contributed by atoms with E-state index in [2.05, 4.69) is 46.8 Å². The molecular weight excluding hydrogens is 240 g/mol. The topological polar surface area (TPSA) is 0 Å². The van der Waals surface area contributed by atoms with Gasteiger partial charge in [0.05, 0.1) is 0 Å². The second-order valence-electron chi connectivity index (χ2n) is 6.48. The lowest BCUT2D eigenvalue weighted by Crippen LogP contribution is -2.03. The summed E-state index contributed by atoms with van der Waals surface area (Å²) in [7, 11) is 0. The first-order valence-electron chi connectivity index (χ1n) is 8.67. The second-order valence-corrected chi connectivity index (χ2v) is 6.48. The molecule has 0 amide bonds. The highest BCUT2D eigenvalue weighted by molar-refractivity contribution is 5.38. The Morgan fingerprint density at radius 1 is 0.700 bits per heavy atom. The molecule has 0 aliphatic rings. The Morgan fingerprint density at radius 2 is 1.20 bits per heavy atom. The molecule has 0 saturated carbocycles. The van der Waals surface area contributed by atoms with Crippen LogP contribution >= 0.6 is 0 Å². The van der Waals surface area contributed by atoms with Gasteiger partial charge in [-0.15, -0.1) is 0 Å². The van der Waals surface area contributed by atoms with Gasteiger partial charge in [-0.05, 0) is 61.8 Å². The molecule has 0 nitrogen and oxygen atoms in total. The standard InChI is InChI=1S/C20H34/c1-6-8-10-12-19(13-11-9-7-2)20-15-17(4)16(3)14-18(20)5/h14-15,19H,6-13H2,1-5H3. The molecule has 1 aromatic carbocycles. The van der Waals surface area contributed by atoms with Crippen molar-refractivity contribution in [1.29, 1.82) is 0 Å². The van der Waals surface area contributed by atoms with Gasteiger partial charge in [0.2, 0.25) is 0 Å². The van der Waals surface area contributed by atoms with Crippen molar-refractivity contribution in [2.24, 2.45) is 0 Å². The molecule has 0 fully saturated rings. The predicted molar refractivity (Wildman–Crippen MR) is 91.7 cm³/mol. The molecular formula is C20H34. The molecule has 0 N–H and O–H groups in total. The van der Waals surface area contributed by atoms with Crippen molar-refractivity contribution in [1.82, 2.24) is 0 Å². The molecule has 0 radical (unpaired) electrons. The Labute approximate surface area is 127 Å². The van der Waals surface area contributed by atoms with Crippen molar-refractivity contribution in [2.45, 2.75) is 91.9 Å². The van der Waals surface area contributed by atoms with E-state index in [4.69, 9.17) is 0 Å². The normalized spacial score (nSPS) is 11.3. The minimum Gasteiger partial charge on any atom is -0.0654 e. The first-order chi connectivity index (χ1) is 9.60. The molecule has 0 unspecified atom stereocenters. The van der Waals surface area contributed by atoms with Crippen LogP contribution in [0.5, 0.6) is 0 Å². The van der Waals surface area contributed by atoms with Gasteiger partial charge in [0, 0.05) is 0 Å². The van der Waals surface area contributed by atoms with E-state index in [1.165, 1.54) is 68.1 Å². The van der Waals surface area contributed by atoms with Gasteiger partial charge in [0.1, 0.15) is 0 Å².